The normalized spacial score (nSPS) is 12.2. The van der Waals surface area contributed by atoms with E-state index >= 15 is 0 Å². The van der Waals surface area contributed by atoms with E-state index in [2.05, 4.69) is 20.4 Å². The lowest BCUT2D eigenvalue weighted by atomic mass is 10.2. The van der Waals surface area contributed by atoms with E-state index in [-0.39, 0.29) is 11.9 Å². The van der Waals surface area contributed by atoms with Crippen LogP contribution in [0.25, 0.3) is 22.4 Å². The highest BCUT2D eigenvalue weighted by Crippen LogP contribution is 2.22. The fourth-order valence-corrected chi connectivity index (χ4v) is 3.46. The van der Waals surface area contributed by atoms with Crippen LogP contribution in [0.2, 0.25) is 0 Å². The Hall–Kier alpha value is -3.41. The van der Waals surface area contributed by atoms with Gasteiger partial charge in [-0.3, -0.25) is 9.48 Å². The van der Waals surface area contributed by atoms with Crippen LogP contribution < -0.4 is 5.32 Å². The maximum atomic E-state index is 12.4. The van der Waals surface area contributed by atoms with Crippen LogP contribution in [0.15, 0.2) is 54.6 Å². The van der Waals surface area contributed by atoms with Gasteiger partial charge in [0.2, 0.25) is 5.91 Å². The number of benzene rings is 2. The van der Waals surface area contributed by atoms with Crippen LogP contribution >= 0.6 is 0 Å². The highest BCUT2D eigenvalue weighted by Gasteiger charge is 2.14. The molecule has 0 fully saturated rings. The number of aryl methyl sites for hydroxylation is 2. The zero-order valence-corrected chi connectivity index (χ0v) is 16.2. The van der Waals surface area contributed by atoms with Crippen LogP contribution in [0.3, 0.4) is 0 Å². The minimum absolute atomic E-state index is 0.00326. The van der Waals surface area contributed by atoms with Gasteiger partial charge in [-0.1, -0.05) is 12.1 Å². The molecule has 142 valence electrons. The number of rotatable bonds is 5. The van der Waals surface area contributed by atoms with Crippen LogP contribution in [0.1, 0.15) is 30.8 Å². The first-order valence-electron chi connectivity index (χ1n) is 9.37. The number of nitrogens with zero attached hydrogens (tertiary/aromatic N) is 3. The fourth-order valence-electron chi connectivity index (χ4n) is 3.46. The van der Waals surface area contributed by atoms with E-state index in [9.17, 15) is 4.79 Å². The monoisotopic (exact) mass is 373 g/mol. The van der Waals surface area contributed by atoms with Crippen molar-refractivity contribution in [3.8, 4) is 11.4 Å². The molecule has 4 rings (SSSR count). The summed E-state index contributed by atoms with van der Waals surface area (Å²) in [7, 11) is 0. The maximum absolute atomic E-state index is 12.4. The highest BCUT2D eigenvalue weighted by atomic mass is 16.1. The Kier molecular flexibility index (Phi) is 4.69. The Balaban J connectivity index is 1.42. The van der Waals surface area contributed by atoms with Gasteiger partial charge < -0.3 is 10.3 Å². The van der Waals surface area contributed by atoms with Gasteiger partial charge in [0, 0.05) is 23.4 Å². The summed E-state index contributed by atoms with van der Waals surface area (Å²) in [6.07, 6.45) is 0.368. The second kappa shape index (κ2) is 7.31. The topological polar surface area (TPSA) is 75.6 Å². The van der Waals surface area contributed by atoms with Crippen LogP contribution in [0, 0.1) is 13.8 Å². The Bertz CT molecular complexity index is 1090. The van der Waals surface area contributed by atoms with Gasteiger partial charge in [-0.2, -0.15) is 5.10 Å². The number of hydrogen-bond donors (Lipinski definition) is 2. The molecule has 0 saturated heterocycles. The number of fused-ring (bicyclic) bond motifs is 1. The predicted octanol–water partition coefficient (Wildman–Crippen LogP) is 4.63. The lowest BCUT2D eigenvalue weighted by molar-refractivity contribution is -0.116. The van der Waals surface area contributed by atoms with Crippen molar-refractivity contribution in [3.63, 3.8) is 0 Å². The largest absolute Gasteiger partial charge is 0.338 e. The summed E-state index contributed by atoms with van der Waals surface area (Å²) < 4.78 is 1.90. The van der Waals surface area contributed by atoms with Crippen molar-refractivity contribution in [2.24, 2.45) is 0 Å². The van der Waals surface area contributed by atoms with Crippen molar-refractivity contribution in [1.82, 2.24) is 19.7 Å². The van der Waals surface area contributed by atoms with Crippen molar-refractivity contribution in [2.45, 2.75) is 33.2 Å². The van der Waals surface area contributed by atoms with E-state index in [1.165, 1.54) is 0 Å². The van der Waals surface area contributed by atoms with E-state index in [1.54, 1.807) is 0 Å². The third-order valence-electron chi connectivity index (χ3n) is 4.77. The number of aromatic amines is 1. The number of imidazole rings is 1. The van der Waals surface area contributed by atoms with Crippen molar-refractivity contribution in [3.05, 3.63) is 66.0 Å². The molecule has 0 radical (unpaired) electrons. The zero-order valence-electron chi connectivity index (χ0n) is 16.2. The van der Waals surface area contributed by atoms with Gasteiger partial charge in [-0.15, -0.1) is 0 Å². The van der Waals surface area contributed by atoms with Crippen LogP contribution in [0.5, 0.6) is 0 Å². The first-order chi connectivity index (χ1) is 13.5. The Morgan fingerprint density at radius 1 is 1.14 bits per heavy atom. The molecule has 0 aliphatic rings. The van der Waals surface area contributed by atoms with Crippen LogP contribution in [-0.2, 0) is 4.79 Å². The number of para-hydroxylation sites is 2. The van der Waals surface area contributed by atoms with Crippen molar-refractivity contribution < 1.29 is 4.79 Å². The number of H-pyrrole nitrogens is 1. The lowest BCUT2D eigenvalue weighted by Gasteiger charge is -2.14. The number of carbonyl (C=O) groups is 1. The van der Waals surface area contributed by atoms with Gasteiger partial charge in [0.15, 0.2) is 0 Å². The van der Waals surface area contributed by atoms with Crippen molar-refractivity contribution in [1.29, 1.82) is 0 Å². The molecule has 4 aromatic rings. The van der Waals surface area contributed by atoms with Crippen LogP contribution in [0.4, 0.5) is 5.69 Å². The number of amides is 1. The second-order valence-corrected chi connectivity index (χ2v) is 7.15. The van der Waals surface area contributed by atoms with E-state index in [0.717, 1.165) is 39.5 Å². The van der Waals surface area contributed by atoms with Gasteiger partial charge in [-0.05, 0) is 63.2 Å². The molecule has 0 aliphatic carbocycles. The summed E-state index contributed by atoms with van der Waals surface area (Å²) in [5.41, 5.74) is 5.72. The highest BCUT2D eigenvalue weighted by molar-refractivity contribution is 5.91. The van der Waals surface area contributed by atoms with Gasteiger partial charge in [0.1, 0.15) is 5.82 Å². The molecule has 2 N–H and O–H groups in total. The fraction of sp³-hybridized carbons (Fsp3) is 0.227. The SMILES string of the molecule is Cc1cc(C)n(C(C)CC(=O)Nc2ccc(-c3nc4ccccc4[nH]3)cc2)n1. The number of aromatic nitrogens is 4. The average molecular weight is 373 g/mol. The molecule has 1 amide bonds. The third kappa shape index (κ3) is 3.67. The Labute approximate surface area is 163 Å². The smallest absolute Gasteiger partial charge is 0.226 e. The molecular formula is C22H23N5O. The van der Waals surface area contributed by atoms with E-state index in [4.69, 9.17) is 0 Å². The molecule has 1 atom stereocenters. The number of carbonyl (C=O) groups excluding carboxylic acids is 1. The van der Waals surface area contributed by atoms with E-state index in [0.29, 0.717) is 6.42 Å². The molecule has 1 unspecified atom stereocenters. The zero-order chi connectivity index (χ0) is 19.7. The molecule has 0 bridgehead atoms. The summed E-state index contributed by atoms with van der Waals surface area (Å²) in [5, 5.41) is 7.42. The molecular weight excluding hydrogens is 350 g/mol. The standard InChI is InChI=1S/C22H23N5O/c1-14-12-15(2)27(26-14)16(3)13-21(28)23-18-10-8-17(9-11-18)22-24-19-6-4-5-7-20(19)25-22/h4-12,16H,13H2,1-3H3,(H,23,28)(H,24,25). The molecule has 0 saturated carbocycles. The van der Waals surface area contributed by atoms with Gasteiger partial charge in [-0.25, -0.2) is 4.98 Å². The van der Waals surface area contributed by atoms with Crippen molar-refractivity contribution >= 4 is 22.6 Å². The molecule has 28 heavy (non-hydrogen) atoms. The third-order valence-corrected chi connectivity index (χ3v) is 4.77. The summed E-state index contributed by atoms with van der Waals surface area (Å²) in [6, 6.07) is 17.7. The molecule has 2 aromatic carbocycles. The molecule has 6 nitrogen and oxygen atoms in total. The first kappa shape index (κ1) is 18.0. The van der Waals surface area contributed by atoms with Crippen molar-refractivity contribution in [2.75, 3.05) is 5.32 Å². The van der Waals surface area contributed by atoms with E-state index < -0.39 is 0 Å². The maximum Gasteiger partial charge on any atom is 0.226 e. The summed E-state index contributed by atoms with van der Waals surface area (Å²) >= 11 is 0. The van der Waals surface area contributed by atoms with E-state index in [1.807, 2.05) is 80.1 Å². The quantitative estimate of drug-likeness (QED) is 0.535. The average Bonchev–Trinajstić information content (AvgIpc) is 3.24. The molecule has 2 aromatic heterocycles. The molecule has 6 heteroatoms. The summed E-state index contributed by atoms with van der Waals surface area (Å²) in [5.74, 6) is 0.786. The van der Waals surface area contributed by atoms with Gasteiger partial charge in [0.05, 0.1) is 22.8 Å². The van der Waals surface area contributed by atoms with Crippen LogP contribution in [-0.4, -0.2) is 25.7 Å². The molecule has 2 heterocycles. The first-order valence-corrected chi connectivity index (χ1v) is 9.37. The minimum Gasteiger partial charge on any atom is -0.338 e. The molecule has 0 aliphatic heterocycles. The summed E-state index contributed by atoms with van der Waals surface area (Å²) in [6.45, 7) is 5.97. The Morgan fingerprint density at radius 2 is 1.89 bits per heavy atom. The Morgan fingerprint density at radius 3 is 2.57 bits per heavy atom. The second-order valence-electron chi connectivity index (χ2n) is 7.15. The summed E-state index contributed by atoms with van der Waals surface area (Å²) in [4.78, 5) is 20.3. The lowest BCUT2D eigenvalue weighted by Crippen LogP contribution is -2.19. The number of nitrogens with one attached hydrogen (secondary N) is 2. The molecule has 0 spiro atoms. The number of hydrogen-bond acceptors (Lipinski definition) is 3. The van der Waals surface area contributed by atoms with Gasteiger partial charge in [0.25, 0.3) is 0 Å². The van der Waals surface area contributed by atoms with Gasteiger partial charge >= 0.3 is 0 Å². The predicted molar refractivity (Wildman–Crippen MR) is 111 cm³/mol. The number of anilines is 1. The minimum atomic E-state index is -0.0310.